The highest BCUT2D eigenvalue weighted by Gasteiger charge is 2.26. The quantitative estimate of drug-likeness (QED) is 0.764. The fraction of sp³-hybridized carbons (Fsp3) is 0.478. The summed E-state index contributed by atoms with van der Waals surface area (Å²) in [5, 5.41) is 9.42. The average Bonchev–Trinajstić information content (AvgIpc) is 2.68. The lowest BCUT2D eigenvalue weighted by atomic mass is 9.91. The van der Waals surface area contributed by atoms with Crippen LogP contribution in [0, 0.1) is 0 Å². The van der Waals surface area contributed by atoms with E-state index in [-0.39, 0.29) is 6.10 Å². The summed E-state index contributed by atoms with van der Waals surface area (Å²) in [4.78, 5) is 2.62. The van der Waals surface area contributed by atoms with Crippen molar-refractivity contribution in [3.8, 4) is 0 Å². The molecule has 3 nitrogen and oxygen atoms in total. The van der Waals surface area contributed by atoms with Crippen molar-refractivity contribution >= 4 is 0 Å². The SMILES string of the molecule is CC(O)CO[C@H]1CC[C@H](N(Cc2ccccc2)Cc2ccccc2)CC1. The fourth-order valence-electron chi connectivity index (χ4n) is 3.80. The number of hydrogen-bond donors (Lipinski definition) is 1. The van der Waals surface area contributed by atoms with Gasteiger partial charge in [0.05, 0.1) is 18.8 Å². The summed E-state index contributed by atoms with van der Waals surface area (Å²) in [5.41, 5.74) is 2.74. The van der Waals surface area contributed by atoms with Crippen molar-refractivity contribution in [3.63, 3.8) is 0 Å². The van der Waals surface area contributed by atoms with E-state index in [1.807, 2.05) is 0 Å². The van der Waals surface area contributed by atoms with E-state index in [0.29, 0.717) is 18.8 Å². The maximum Gasteiger partial charge on any atom is 0.0745 e. The lowest BCUT2D eigenvalue weighted by Gasteiger charge is -2.37. The van der Waals surface area contributed by atoms with Crippen LogP contribution in [0.4, 0.5) is 0 Å². The largest absolute Gasteiger partial charge is 0.391 e. The second-order valence-electron chi connectivity index (χ2n) is 7.49. The zero-order valence-electron chi connectivity index (χ0n) is 15.8. The third kappa shape index (κ3) is 5.94. The molecule has 3 heteroatoms. The molecule has 26 heavy (non-hydrogen) atoms. The predicted octanol–water partition coefficient (Wildman–Crippen LogP) is 4.40. The van der Waals surface area contributed by atoms with Crippen molar-refractivity contribution in [1.82, 2.24) is 4.90 Å². The Morgan fingerprint density at radius 3 is 1.85 bits per heavy atom. The first-order valence-electron chi connectivity index (χ1n) is 9.82. The van der Waals surface area contributed by atoms with Gasteiger partial charge in [-0.25, -0.2) is 0 Å². The minimum atomic E-state index is -0.375. The number of aliphatic hydroxyl groups excluding tert-OH is 1. The minimum absolute atomic E-state index is 0.302. The Morgan fingerprint density at radius 1 is 0.885 bits per heavy atom. The van der Waals surface area contributed by atoms with Crippen molar-refractivity contribution in [1.29, 1.82) is 0 Å². The van der Waals surface area contributed by atoms with Gasteiger partial charge in [-0.05, 0) is 43.7 Å². The van der Waals surface area contributed by atoms with E-state index in [2.05, 4.69) is 65.6 Å². The molecule has 0 radical (unpaired) electrons. The molecule has 1 aliphatic carbocycles. The Bertz CT molecular complexity index is 580. The summed E-state index contributed by atoms with van der Waals surface area (Å²) < 4.78 is 5.84. The number of rotatable bonds is 8. The fourth-order valence-corrected chi connectivity index (χ4v) is 3.80. The summed E-state index contributed by atoms with van der Waals surface area (Å²) >= 11 is 0. The normalized spacial score (nSPS) is 21.7. The molecule has 2 aromatic rings. The van der Waals surface area contributed by atoms with E-state index in [0.717, 1.165) is 38.8 Å². The van der Waals surface area contributed by atoms with Gasteiger partial charge in [0.1, 0.15) is 0 Å². The molecule has 1 fully saturated rings. The first kappa shape index (κ1) is 19.1. The van der Waals surface area contributed by atoms with E-state index < -0.39 is 0 Å². The van der Waals surface area contributed by atoms with E-state index in [1.165, 1.54) is 11.1 Å². The molecule has 1 unspecified atom stereocenters. The molecule has 0 amide bonds. The second kappa shape index (κ2) is 9.86. The molecule has 1 aliphatic rings. The summed E-state index contributed by atoms with van der Waals surface area (Å²) in [6.45, 7) is 4.21. The van der Waals surface area contributed by atoms with Gasteiger partial charge in [-0.15, -0.1) is 0 Å². The molecule has 140 valence electrons. The van der Waals surface area contributed by atoms with E-state index in [9.17, 15) is 5.11 Å². The average molecular weight is 354 g/mol. The van der Waals surface area contributed by atoms with Crippen LogP contribution in [0.2, 0.25) is 0 Å². The lowest BCUT2D eigenvalue weighted by Crippen LogP contribution is -2.39. The molecule has 1 N–H and O–H groups in total. The molecule has 3 rings (SSSR count). The molecule has 0 spiro atoms. The van der Waals surface area contributed by atoms with Gasteiger partial charge >= 0.3 is 0 Å². The maximum atomic E-state index is 9.42. The van der Waals surface area contributed by atoms with Crippen molar-refractivity contribution in [2.45, 2.75) is 63.9 Å². The Hall–Kier alpha value is -1.68. The highest BCUT2D eigenvalue weighted by molar-refractivity contribution is 5.17. The van der Waals surface area contributed by atoms with Crippen molar-refractivity contribution in [2.75, 3.05) is 6.61 Å². The number of ether oxygens (including phenoxy) is 1. The van der Waals surface area contributed by atoms with Gasteiger partial charge in [0.15, 0.2) is 0 Å². The topological polar surface area (TPSA) is 32.7 Å². The van der Waals surface area contributed by atoms with Crippen LogP contribution in [0.15, 0.2) is 60.7 Å². The highest BCUT2D eigenvalue weighted by Crippen LogP contribution is 2.27. The smallest absolute Gasteiger partial charge is 0.0745 e. The molecule has 0 bridgehead atoms. The van der Waals surface area contributed by atoms with Gasteiger partial charge in [0, 0.05) is 19.1 Å². The van der Waals surface area contributed by atoms with Crippen molar-refractivity contribution in [2.24, 2.45) is 0 Å². The van der Waals surface area contributed by atoms with Crippen LogP contribution in [0.25, 0.3) is 0 Å². The van der Waals surface area contributed by atoms with Crippen LogP contribution >= 0.6 is 0 Å². The zero-order chi connectivity index (χ0) is 18.2. The van der Waals surface area contributed by atoms with Crippen molar-refractivity contribution < 1.29 is 9.84 Å². The molecule has 0 aromatic heterocycles. The van der Waals surface area contributed by atoms with Gasteiger partial charge < -0.3 is 9.84 Å². The summed E-state index contributed by atoms with van der Waals surface area (Å²) in [6, 6.07) is 22.1. The van der Waals surface area contributed by atoms with Crippen molar-refractivity contribution in [3.05, 3.63) is 71.8 Å². The third-order valence-corrected chi connectivity index (χ3v) is 5.19. The van der Waals surface area contributed by atoms with Gasteiger partial charge in [-0.2, -0.15) is 0 Å². The molecular weight excluding hydrogens is 322 g/mol. The first-order chi connectivity index (χ1) is 12.7. The number of benzene rings is 2. The molecule has 2 aromatic carbocycles. The Kier molecular flexibility index (Phi) is 7.24. The monoisotopic (exact) mass is 353 g/mol. The molecular formula is C23H31NO2. The molecule has 0 aliphatic heterocycles. The summed E-state index contributed by atoms with van der Waals surface area (Å²) in [7, 11) is 0. The predicted molar refractivity (Wildman–Crippen MR) is 106 cm³/mol. The zero-order valence-corrected chi connectivity index (χ0v) is 15.8. The van der Waals surface area contributed by atoms with E-state index >= 15 is 0 Å². The van der Waals surface area contributed by atoms with Crippen LogP contribution < -0.4 is 0 Å². The van der Waals surface area contributed by atoms with E-state index in [4.69, 9.17) is 4.74 Å². The number of hydrogen-bond acceptors (Lipinski definition) is 3. The van der Waals surface area contributed by atoms with Crippen LogP contribution in [0.5, 0.6) is 0 Å². The van der Waals surface area contributed by atoms with Crippen LogP contribution in [-0.2, 0) is 17.8 Å². The van der Waals surface area contributed by atoms with Gasteiger partial charge in [-0.3, -0.25) is 4.90 Å². The Morgan fingerprint density at radius 2 is 1.38 bits per heavy atom. The number of nitrogens with zero attached hydrogens (tertiary/aromatic N) is 1. The minimum Gasteiger partial charge on any atom is -0.391 e. The highest BCUT2D eigenvalue weighted by atomic mass is 16.5. The first-order valence-corrected chi connectivity index (χ1v) is 9.82. The molecule has 1 saturated carbocycles. The van der Waals surface area contributed by atoms with Gasteiger partial charge in [-0.1, -0.05) is 60.7 Å². The van der Waals surface area contributed by atoms with Gasteiger partial charge in [0.2, 0.25) is 0 Å². The Labute approximate surface area is 157 Å². The van der Waals surface area contributed by atoms with Crippen LogP contribution in [0.3, 0.4) is 0 Å². The maximum absolute atomic E-state index is 9.42. The van der Waals surface area contributed by atoms with Crippen LogP contribution in [-0.4, -0.2) is 34.9 Å². The number of aliphatic hydroxyl groups is 1. The summed E-state index contributed by atoms with van der Waals surface area (Å²) in [5.74, 6) is 0. The third-order valence-electron chi connectivity index (χ3n) is 5.19. The molecule has 0 saturated heterocycles. The molecule has 0 heterocycles. The second-order valence-corrected chi connectivity index (χ2v) is 7.49. The summed E-state index contributed by atoms with van der Waals surface area (Å²) in [6.07, 6.45) is 4.40. The van der Waals surface area contributed by atoms with E-state index in [1.54, 1.807) is 6.92 Å². The Balaban J connectivity index is 1.62. The van der Waals surface area contributed by atoms with Gasteiger partial charge in [0.25, 0.3) is 0 Å². The van der Waals surface area contributed by atoms with Crippen LogP contribution in [0.1, 0.15) is 43.7 Å². The lowest BCUT2D eigenvalue weighted by molar-refractivity contribution is -0.0308. The molecule has 1 atom stereocenters. The standard InChI is InChI=1S/C23H31NO2/c1-19(25)18-26-23-14-12-22(13-15-23)24(16-20-8-4-2-5-9-20)17-21-10-6-3-7-11-21/h2-11,19,22-23,25H,12-18H2,1H3/t19?,22-,23-.